The van der Waals surface area contributed by atoms with Gasteiger partial charge < -0.3 is 19.9 Å². The Balaban J connectivity index is 1.63. The van der Waals surface area contributed by atoms with Gasteiger partial charge in [0.1, 0.15) is 16.9 Å². The lowest BCUT2D eigenvalue weighted by molar-refractivity contribution is -0.159. The van der Waals surface area contributed by atoms with E-state index in [1.807, 2.05) is 0 Å². The number of ether oxygens (including phenoxy) is 2. The van der Waals surface area contributed by atoms with Gasteiger partial charge in [-0.1, -0.05) is 6.42 Å². The first kappa shape index (κ1) is 16.8. The van der Waals surface area contributed by atoms with Crippen LogP contribution in [-0.4, -0.2) is 29.1 Å². The maximum Gasteiger partial charge on any atom is 0.319 e. The fourth-order valence-electron chi connectivity index (χ4n) is 2.60. The summed E-state index contributed by atoms with van der Waals surface area (Å²) >= 11 is 0. The maximum atomic E-state index is 12.2. The summed E-state index contributed by atoms with van der Waals surface area (Å²) in [6.07, 6.45) is 2.90. The van der Waals surface area contributed by atoms with Crippen LogP contribution in [0, 0.1) is 5.41 Å². The fourth-order valence-corrected chi connectivity index (χ4v) is 2.60. The molecule has 1 aromatic heterocycles. The molecule has 3 rings (SSSR count). The van der Waals surface area contributed by atoms with Crippen LogP contribution in [-0.2, 0) is 9.59 Å². The zero-order valence-electron chi connectivity index (χ0n) is 13.7. The van der Waals surface area contributed by atoms with Crippen LogP contribution in [0.2, 0.25) is 0 Å². The summed E-state index contributed by atoms with van der Waals surface area (Å²) in [5.41, 5.74) is -0.877. The molecule has 7 nitrogen and oxygen atoms in total. The summed E-state index contributed by atoms with van der Waals surface area (Å²) in [4.78, 5) is 27.7. The lowest BCUT2D eigenvalue weighted by Gasteiger charge is -2.35. The molecule has 1 aromatic carbocycles. The van der Waals surface area contributed by atoms with Crippen molar-refractivity contribution < 1.29 is 24.2 Å². The first-order chi connectivity index (χ1) is 12.0. The van der Waals surface area contributed by atoms with Gasteiger partial charge in [-0.05, 0) is 43.2 Å². The van der Waals surface area contributed by atoms with Gasteiger partial charge in [0.2, 0.25) is 11.8 Å². The summed E-state index contributed by atoms with van der Waals surface area (Å²) in [5, 5.41) is 11.9. The Kier molecular flexibility index (Phi) is 4.56. The molecule has 1 amide bonds. The van der Waals surface area contributed by atoms with Crippen LogP contribution in [0.25, 0.3) is 0 Å². The highest BCUT2D eigenvalue weighted by Gasteiger charge is 2.51. The van der Waals surface area contributed by atoms with Crippen molar-refractivity contribution in [2.75, 3.05) is 12.4 Å². The molecule has 0 spiro atoms. The number of carboxylic acids is 1. The molecule has 1 heterocycles. The van der Waals surface area contributed by atoms with E-state index in [9.17, 15) is 14.7 Å². The number of rotatable bonds is 6. The molecule has 25 heavy (non-hydrogen) atoms. The number of carboxylic acid groups (broad SMARTS) is 1. The summed E-state index contributed by atoms with van der Waals surface area (Å²) < 4.78 is 10.7. The molecule has 0 aliphatic heterocycles. The third kappa shape index (κ3) is 3.40. The average Bonchev–Trinajstić information content (AvgIpc) is 2.56. The summed E-state index contributed by atoms with van der Waals surface area (Å²) in [6, 6.07) is 10.3. The van der Waals surface area contributed by atoms with Crippen molar-refractivity contribution in [1.82, 2.24) is 4.98 Å². The number of nitrogens with one attached hydrogen (secondary N) is 1. The molecule has 2 N–H and O–H groups in total. The number of benzene rings is 1. The third-order valence-corrected chi connectivity index (χ3v) is 4.33. The minimum Gasteiger partial charge on any atom is -0.497 e. The molecule has 2 aromatic rings. The molecule has 0 radical (unpaired) electrons. The number of hydrogen-bond donors (Lipinski definition) is 2. The van der Waals surface area contributed by atoms with Crippen LogP contribution >= 0.6 is 0 Å². The van der Waals surface area contributed by atoms with Gasteiger partial charge in [-0.3, -0.25) is 9.59 Å². The highest BCUT2D eigenvalue weighted by molar-refractivity contribution is 6.09. The highest BCUT2D eigenvalue weighted by atomic mass is 16.5. The molecule has 0 unspecified atom stereocenters. The Morgan fingerprint density at radius 3 is 2.28 bits per heavy atom. The lowest BCUT2D eigenvalue weighted by atomic mass is 9.68. The van der Waals surface area contributed by atoms with Crippen LogP contribution in [0.1, 0.15) is 19.3 Å². The summed E-state index contributed by atoms with van der Waals surface area (Å²) in [5.74, 6) is 0.103. The Hall–Kier alpha value is -3.09. The molecule has 7 heteroatoms. The van der Waals surface area contributed by atoms with Crippen molar-refractivity contribution >= 4 is 17.6 Å². The number of methoxy groups -OCH3 is 1. The first-order valence-electron chi connectivity index (χ1n) is 7.86. The summed E-state index contributed by atoms with van der Waals surface area (Å²) in [7, 11) is 1.59. The van der Waals surface area contributed by atoms with Crippen molar-refractivity contribution in [2.45, 2.75) is 19.3 Å². The molecule has 1 saturated carbocycles. The van der Waals surface area contributed by atoms with Crippen molar-refractivity contribution in [2.24, 2.45) is 5.41 Å². The van der Waals surface area contributed by atoms with Gasteiger partial charge in [-0.2, -0.15) is 0 Å². The normalized spacial score (nSPS) is 14.9. The predicted octanol–water partition coefficient (Wildman–Crippen LogP) is 3.08. The minimum atomic E-state index is -1.31. The highest BCUT2D eigenvalue weighted by Crippen LogP contribution is 2.42. The van der Waals surface area contributed by atoms with E-state index in [2.05, 4.69) is 10.3 Å². The topological polar surface area (TPSA) is 97.8 Å². The molecule has 1 aliphatic carbocycles. The number of hydrogen-bond acceptors (Lipinski definition) is 5. The Morgan fingerprint density at radius 1 is 1.12 bits per heavy atom. The number of carbonyl (C=O) groups is 2. The summed E-state index contributed by atoms with van der Waals surface area (Å²) in [6.45, 7) is 0. The van der Waals surface area contributed by atoms with E-state index >= 15 is 0 Å². The number of anilines is 1. The molecular formula is C18H18N2O5. The third-order valence-electron chi connectivity index (χ3n) is 4.33. The van der Waals surface area contributed by atoms with Gasteiger partial charge in [0.05, 0.1) is 19.0 Å². The van der Waals surface area contributed by atoms with E-state index in [4.69, 9.17) is 9.47 Å². The number of aromatic nitrogens is 1. The van der Waals surface area contributed by atoms with Gasteiger partial charge in [0.15, 0.2) is 0 Å². The number of aliphatic carboxylic acids is 1. The second-order valence-corrected chi connectivity index (χ2v) is 5.86. The van der Waals surface area contributed by atoms with Gasteiger partial charge in [0.25, 0.3) is 0 Å². The van der Waals surface area contributed by atoms with E-state index < -0.39 is 17.3 Å². The predicted molar refractivity (Wildman–Crippen MR) is 89.9 cm³/mol. The van der Waals surface area contributed by atoms with Gasteiger partial charge in [0, 0.05) is 6.07 Å². The van der Waals surface area contributed by atoms with E-state index in [1.165, 1.54) is 6.20 Å². The van der Waals surface area contributed by atoms with E-state index in [0.717, 1.165) is 12.2 Å². The monoisotopic (exact) mass is 342 g/mol. The van der Waals surface area contributed by atoms with Crippen LogP contribution in [0.4, 0.5) is 5.69 Å². The molecular weight excluding hydrogens is 324 g/mol. The number of nitrogens with zero attached hydrogens (tertiary/aromatic N) is 1. The number of amides is 1. The number of pyridine rings is 1. The smallest absolute Gasteiger partial charge is 0.319 e. The SMILES string of the molecule is COc1ccc(Oc2ccc(NC(=O)C3(C(=O)O)CCC3)cn2)cc1. The van der Waals surface area contributed by atoms with Crippen LogP contribution in [0.5, 0.6) is 17.4 Å². The molecule has 130 valence electrons. The second kappa shape index (κ2) is 6.80. The molecule has 0 bridgehead atoms. The first-order valence-corrected chi connectivity index (χ1v) is 7.86. The zero-order chi connectivity index (χ0) is 17.9. The maximum absolute atomic E-state index is 12.2. The molecule has 1 fully saturated rings. The largest absolute Gasteiger partial charge is 0.497 e. The Morgan fingerprint density at radius 2 is 1.80 bits per heavy atom. The Labute approximate surface area is 144 Å². The van der Waals surface area contributed by atoms with E-state index in [-0.39, 0.29) is 0 Å². The van der Waals surface area contributed by atoms with Crippen LogP contribution < -0.4 is 14.8 Å². The standard InChI is InChI=1S/C18H18N2O5/c1-24-13-4-6-14(7-5-13)25-15-8-3-12(11-19-15)20-16(21)18(17(22)23)9-2-10-18/h3-8,11H,2,9-10H2,1H3,(H,20,21)(H,22,23). The fraction of sp³-hybridized carbons (Fsp3) is 0.278. The Bertz CT molecular complexity index is 767. The lowest BCUT2D eigenvalue weighted by Crippen LogP contribution is -2.48. The van der Waals surface area contributed by atoms with Crippen molar-refractivity contribution in [3.63, 3.8) is 0 Å². The van der Waals surface area contributed by atoms with E-state index in [1.54, 1.807) is 43.5 Å². The van der Waals surface area contributed by atoms with Crippen molar-refractivity contribution in [3.05, 3.63) is 42.6 Å². The molecule has 0 saturated heterocycles. The quantitative estimate of drug-likeness (QED) is 0.783. The van der Waals surface area contributed by atoms with Gasteiger partial charge >= 0.3 is 5.97 Å². The van der Waals surface area contributed by atoms with Crippen LogP contribution in [0.15, 0.2) is 42.6 Å². The molecule has 1 aliphatic rings. The second-order valence-electron chi connectivity index (χ2n) is 5.86. The minimum absolute atomic E-state index is 0.361. The zero-order valence-corrected chi connectivity index (χ0v) is 13.7. The molecule has 0 atom stereocenters. The van der Waals surface area contributed by atoms with Crippen LogP contribution in [0.3, 0.4) is 0 Å². The number of carbonyl (C=O) groups excluding carboxylic acids is 1. The average molecular weight is 342 g/mol. The van der Waals surface area contributed by atoms with Gasteiger partial charge in [-0.25, -0.2) is 4.98 Å². The van der Waals surface area contributed by atoms with Crippen molar-refractivity contribution in [1.29, 1.82) is 0 Å². The van der Waals surface area contributed by atoms with E-state index in [0.29, 0.717) is 30.2 Å². The van der Waals surface area contributed by atoms with Gasteiger partial charge in [-0.15, -0.1) is 0 Å². The van der Waals surface area contributed by atoms with Crippen molar-refractivity contribution in [3.8, 4) is 17.4 Å².